The van der Waals surface area contributed by atoms with Gasteiger partial charge in [-0.1, -0.05) is 0 Å². The van der Waals surface area contributed by atoms with Crippen molar-refractivity contribution >= 4 is 34.4 Å². The van der Waals surface area contributed by atoms with E-state index >= 15 is 0 Å². The van der Waals surface area contributed by atoms with Crippen LogP contribution >= 0.6 is 26.8 Å². The summed E-state index contributed by atoms with van der Waals surface area (Å²) < 4.78 is 0. The molecule has 6 heavy (non-hydrogen) atoms. The van der Waals surface area contributed by atoms with Gasteiger partial charge in [0.05, 0.1) is 0 Å². The summed E-state index contributed by atoms with van der Waals surface area (Å²) in [6, 6.07) is 0. The quantitative estimate of drug-likeness (QED) is 0.284. The van der Waals surface area contributed by atoms with E-state index in [1.165, 1.54) is 22.0 Å². The van der Waals surface area contributed by atoms with Gasteiger partial charge in [-0.15, -0.1) is 0 Å². The van der Waals surface area contributed by atoms with Crippen LogP contribution in [0.25, 0.3) is 0 Å². The van der Waals surface area contributed by atoms with Gasteiger partial charge in [0.1, 0.15) is 0 Å². The second kappa shape index (κ2) is 1.29. The molecule has 3 N–H and O–H groups in total. The van der Waals surface area contributed by atoms with Crippen LogP contribution in [0.2, 0.25) is 0 Å². The average Bonchev–Trinajstić information content (AvgIpc) is 0.650. The zero-order valence-corrected chi connectivity index (χ0v) is 6.22. The van der Waals surface area contributed by atoms with Gasteiger partial charge in [0.15, 0.2) is 0 Å². The Hall–Kier alpha value is 1.10. The Morgan fingerprint density at radius 3 is 1.33 bits per heavy atom. The van der Waals surface area contributed by atoms with E-state index in [1.807, 2.05) is 0 Å². The minimum absolute atomic E-state index is 0.992. The van der Waals surface area contributed by atoms with Crippen LogP contribution in [0.5, 0.6) is 0 Å². The van der Waals surface area contributed by atoms with Crippen LogP contribution in [0.4, 0.5) is 0 Å². The van der Waals surface area contributed by atoms with Crippen molar-refractivity contribution < 1.29 is 14.7 Å². The summed E-state index contributed by atoms with van der Waals surface area (Å²) in [6.45, 7) is 0. The maximum absolute atomic E-state index is 8.21. The average molecular weight is 222 g/mol. The molecule has 0 bridgehead atoms. The van der Waals surface area contributed by atoms with Gasteiger partial charge < -0.3 is 0 Å². The molecule has 38 valence electrons. The Morgan fingerprint density at radius 1 is 1.33 bits per heavy atom. The molecule has 0 rings (SSSR count). The van der Waals surface area contributed by atoms with Crippen LogP contribution in [0, 0.1) is 0 Å². The zero-order chi connectivity index (χ0) is 5.45. The zero-order valence-electron chi connectivity index (χ0n) is 3.17. The van der Waals surface area contributed by atoms with E-state index < -0.39 is 4.81 Å². The molecule has 0 aliphatic heterocycles. The Bertz CT molecular complexity index is 44.0. The van der Waals surface area contributed by atoms with Crippen molar-refractivity contribution in [3.63, 3.8) is 0 Å². The molecule has 0 aromatic rings. The molecule has 0 aliphatic carbocycles. The van der Waals surface area contributed by atoms with E-state index in [-0.39, 0.29) is 0 Å². The second-order valence-electron chi connectivity index (χ2n) is 1.26. The van der Waals surface area contributed by atoms with Crippen molar-refractivity contribution in [3.05, 3.63) is 0 Å². The van der Waals surface area contributed by atoms with Crippen molar-refractivity contribution in [1.82, 2.24) is 0 Å². The van der Waals surface area contributed by atoms with Crippen LogP contribution in [0.3, 0.4) is 0 Å². The van der Waals surface area contributed by atoms with Gasteiger partial charge in [0, 0.05) is 0 Å². The van der Waals surface area contributed by atoms with E-state index in [1.54, 1.807) is 0 Å². The van der Waals surface area contributed by atoms with Gasteiger partial charge in [0.2, 0.25) is 0 Å². The first-order valence-electron chi connectivity index (χ1n) is 1.22. The Balaban J connectivity index is 3.73. The standard InChI is InChI=1S/BH5IO3P/c1-6(2,3,4)5/h3-5H,1H2. The summed E-state index contributed by atoms with van der Waals surface area (Å²) in [5.41, 5.74) is 0. The third-order valence-corrected chi connectivity index (χ3v) is 0. The SMILES string of the molecule is BP(O)(O)(O)I. The maximum atomic E-state index is 8.21. The monoisotopic (exact) mass is 222 g/mol. The summed E-state index contributed by atoms with van der Waals surface area (Å²) in [7, 11) is 0.992. The van der Waals surface area contributed by atoms with Crippen LogP contribution in [0.1, 0.15) is 0 Å². The first-order chi connectivity index (χ1) is 2.24. The van der Waals surface area contributed by atoms with Crippen molar-refractivity contribution in [2.75, 3.05) is 0 Å². The molecular weight excluding hydrogens is 217 g/mol. The minimum atomic E-state index is -4.08. The molecule has 0 aromatic carbocycles. The molecule has 0 radical (unpaired) electrons. The summed E-state index contributed by atoms with van der Waals surface area (Å²) in [5, 5.41) is 0. The molecule has 0 heterocycles. The predicted molar refractivity (Wildman–Crippen MR) is 36.1 cm³/mol. The molecule has 6 heteroatoms. The van der Waals surface area contributed by atoms with E-state index in [0.29, 0.717) is 0 Å². The molecule has 0 unspecified atom stereocenters. The number of hydrogen-bond acceptors (Lipinski definition) is 3. The Morgan fingerprint density at radius 2 is 1.33 bits per heavy atom. The Kier molecular flexibility index (Phi) is 1.53. The summed E-state index contributed by atoms with van der Waals surface area (Å²) >= 11 is 1.21. The van der Waals surface area contributed by atoms with Crippen LogP contribution < -0.4 is 0 Å². The normalized spacial score (nSPS) is 19.0. The topological polar surface area (TPSA) is 60.7 Å². The van der Waals surface area contributed by atoms with Gasteiger partial charge in [0.25, 0.3) is 0 Å². The third-order valence-electron chi connectivity index (χ3n) is 0. The van der Waals surface area contributed by atoms with E-state index in [0.717, 1.165) is 7.57 Å². The van der Waals surface area contributed by atoms with Crippen LogP contribution in [0.15, 0.2) is 0 Å². The van der Waals surface area contributed by atoms with Crippen molar-refractivity contribution in [3.8, 4) is 0 Å². The van der Waals surface area contributed by atoms with Crippen LogP contribution in [-0.4, -0.2) is 22.2 Å². The molecule has 0 fully saturated rings. The van der Waals surface area contributed by atoms with Crippen LogP contribution in [-0.2, 0) is 0 Å². The van der Waals surface area contributed by atoms with E-state index in [2.05, 4.69) is 0 Å². The molecule has 0 amide bonds. The van der Waals surface area contributed by atoms with Crippen molar-refractivity contribution in [2.24, 2.45) is 0 Å². The van der Waals surface area contributed by atoms with Gasteiger partial charge in [-0.05, 0) is 0 Å². The molecule has 3 nitrogen and oxygen atoms in total. The summed E-state index contributed by atoms with van der Waals surface area (Å²) in [5.74, 6) is 0. The summed E-state index contributed by atoms with van der Waals surface area (Å²) in [4.78, 5) is 20.6. The molecule has 0 saturated carbocycles. The molecule has 0 aliphatic rings. The van der Waals surface area contributed by atoms with Crippen molar-refractivity contribution in [1.29, 1.82) is 0 Å². The van der Waals surface area contributed by atoms with E-state index in [9.17, 15) is 0 Å². The number of hydrogen-bond donors (Lipinski definition) is 3. The predicted octanol–water partition coefficient (Wildman–Crippen LogP) is -0.840. The number of halogens is 1. The van der Waals surface area contributed by atoms with Gasteiger partial charge in [-0.3, -0.25) is 0 Å². The van der Waals surface area contributed by atoms with Gasteiger partial charge in [-0.25, -0.2) is 0 Å². The fourth-order valence-electron chi connectivity index (χ4n) is 0. The molecule has 0 aromatic heterocycles. The summed E-state index contributed by atoms with van der Waals surface area (Å²) in [6.07, 6.45) is 0. The third kappa shape index (κ3) is 70.5. The molecule has 0 spiro atoms. The first-order valence-corrected chi connectivity index (χ1v) is 6.54. The van der Waals surface area contributed by atoms with Crippen molar-refractivity contribution in [2.45, 2.75) is 0 Å². The van der Waals surface area contributed by atoms with Gasteiger partial charge >= 0.3 is 49.1 Å². The Labute approximate surface area is 49.4 Å². The fourth-order valence-corrected chi connectivity index (χ4v) is 0. The first kappa shape index (κ1) is 7.10. The molecular formula is H5BIO3P. The van der Waals surface area contributed by atoms with E-state index in [4.69, 9.17) is 14.7 Å². The molecule has 0 atom stereocenters. The van der Waals surface area contributed by atoms with Gasteiger partial charge in [-0.2, -0.15) is 0 Å². The fraction of sp³-hybridized carbons (Fsp3) is 0. The molecule has 0 saturated heterocycles. The number of rotatable bonds is 0. The second-order valence-corrected chi connectivity index (χ2v) is 10.6.